The first-order chi connectivity index (χ1) is 20.2. The average Bonchev–Trinajstić information content (AvgIpc) is 3.40. The molecule has 2 aromatic carbocycles. The zero-order valence-electron chi connectivity index (χ0n) is 23.9. The van der Waals surface area contributed by atoms with Crippen molar-refractivity contribution in [2.75, 3.05) is 19.6 Å². The molecule has 0 radical (unpaired) electrons. The molecule has 2 aromatic heterocycles. The number of rotatable bonds is 8. The van der Waals surface area contributed by atoms with Crippen LogP contribution in [0.3, 0.4) is 0 Å². The number of nitrogens with one attached hydrogen (secondary N) is 5. The second-order valence-electron chi connectivity index (χ2n) is 10.8. The number of hydrogen-bond acceptors (Lipinski definition) is 6. The maximum atomic E-state index is 13.3. The monoisotopic (exact) mass is 570 g/mol. The fourth-order valence-electron chi connectivity index (χ4n) is 5.31. The van der Waals surface area contributed by atoms with Crippen molar-refractivity contribution in [3.63, 3.8) is 0 Å². The number of carbonyl (C=O) groups excluding carboxylic acids is 1. The molecule has 0 saturated carbocycles. The van der Waals surface area contributed by atoms with Crippen molar-refractivity contribution in [2.24, 2.45) is 0 Å². The Labute approximate surface area is 242 Å². The Morgan fingerprint density at radius 3 is 2.33 bits per heavy atom. The van der Waals surface area contributed by atoms with E-state index in [0.717, 1.165) is 37.6 Å². The van der Waals surface area contributed by atoms with E-state index in [1.807, 2.05) is 0 Å². The standard InChI is InChI=1S/C32H35FN6O3/c1-4-23(27-17-34-12-13-35-27)30-36-24(28(39-30)18(2)3)16-26-32(42)37-25(31(41)38-26)15-19-6-5-7-21(14-19)29(40)20-8-10-22(33)11-9-20/h5-11,14-16,18,23,27,34-35H,4,12-13,17H2,1-3H3,(H,36,39)(H,37,42)(H,38,41)/b25-15-,26-16-. The first kappa shape index (κ1) is 29.1. The van der Waals surface area contributed by atoms with E-state index in [9.17, 15) is 18.8 Å². The third-order valence-corrected chi connectivity index (χ3v) is 7.54. The normalized spacial score (nSPS) is 17.1. The summed E-state index contributed by atoms with van der Waals surface area (Å²) in [7, 11) is 0. The Morgan fingerprint density at radius 1 is 0.976 bits per heavy atom. The molecule has 5 rings (SSSR count). The third-order valence-electron chi connectivity index (χ3n) is 7.54. The van der Waals surface area contributed by atoms with Crippen molar-refractivity contribution >= 4 is 17.9 Å². The SMILES string of the molecule is CCC(c1nc(/C=c2\[nH]c(=O)/c(=C/c3cccc(C(=O)c4ccc(F)cc4)c3)[nH]c2=O)c(C(C)C)[nH]1)C1CNCCN1. The summed E-state index contributed by atoms with van der Waals surface area (Å²) in [6, 6.07) is 12.2. The lowest BCUT2D eigenvalue weighted by Gasteiger charge is -2.30. The van der Waals surface area contributed by atoms with E-state index in [1.54, 1.807) is 30.3 Å². The number of carbonyl (C=O) groups is 1. The quantitative estimate of drug-likeness (QED) is 0.206. The highest BCUT2D eigenvalue weighted by molar-refractivity contribution is 6.09. The number of H-pyrrole nitrogens is 3. The van der Waals surface area contributed by atoms with Gasteiger partial charge in [-0.15, -0.1) is 0 Å². The van der Waals surface area contributed by atoms with E-state index in [-0.39, 0.29) is 34.4 Å². The van der Waals surface area contributed by atoms with Gasteiger partial charge >= 0.3 is 0 Å². The van der Waals surface area contributed by atoms with Crippen molar-refractivity contribution < 1.29 is 9.18 Å². The third kappa shape index (κ3) is 6.40. The number of aromatic nitrogens is 4. The number of piperazine rings is 1. The van der Waals surface area contributed by atoms with Crippen LogP contribution >= 0.6 is 0 Å². The van der Waals surface area contributed by atoms with Crippen LogP contribution in [0.2, 0.25) is 0 Å². The van der Waals surface area contributed by atoms with E-state index in [2.05, 4.69) is 46.4 Å². The largest absolute Gasteiger partial charge is 0.345 e. The number of benzene rings is 2. The Hall–Kier alpha value is -4.41. The van der Waals surface area contributed by atoms with Gasteiger partial charge in [-0.2, -0.15) is 0 Å². The van der Waals surface area contributed by atoms with Gasteiger partial charge in [-0.1, -0.05) is 39.0 Å². The van der Waals surface area contributed by atoms with Crippen LogP contribution in [0.4, 0.5) is 4.39 Å². The summed E-state index contributed by atoms with van der Waals surface area (Å²) in [5.41, 5.74) is 1.83. The van der Waals surface area contributed by atoms with Crippen LogP contribution in [-0.2, 0) is 0 Å². The highest BCUT2D eigenvalue weighted by Crippen LogP contribution is 2.26. The summed E-state index contributed by atoms with van der Waals surface area (Å²) in [6.07, 6.45) is 4.01. The summed E-state index contributed by atoms with van der Waals surface area (Å²) in [5, 5.41) is 7.15. The molecule has 1 saturated heterocycles. The molecular formula is C32H35FN6O3. The second kappa shape index (κ2) is 12.6. The first-order valence-electron chi connectivity index (χ1n) is 14.2. The van der Waals surface area contributed by atoms with E-state index in [0.29, 0.717) is 22.4 Å². The molecule has 4 aromatic rings. The predicted molar refractivity (Wildman–Crippen MR) is 161 cm³/mol. The maximum absolute atomic E-state index is 13.3. The number of hydrogen-bond donors (Lipinski definition) is 5. The summed E-state index contributed by atoms with van der Waals surface area (Å²) >= 11 is 0. The molecule has 9 nitrogen and oxygen atoms in total. The van der Waals surface area contributed by atoms with E-state index < -0.39 is 16.9 Å². The van der Waals surface area contributed by atoms with Crippen LogP contribution in [-0.4, -0.2) is 51.4 Å². The molecule has 3 heterocycles. The van der Waals surface area contributed by atoms with Crippen molar-refractivity contribution in [3.05, 3.63) is 120 Å². The van der Waals surface area contributed by atoms with Gasteiger partial charge in [0.1, 0.15) is 22.3 Å². The van der Waals surface area contributed by atoms with Crippen molar-refractivity contribution in [1.29, 1.82) is 0 Å². The van der Waals surface area contributed by atoms with Crippen molar-refractivity contribution in [2.45, 2.75) is 45.1 Å². The molecular weight excluding hydrogens is 535 g/mol. The number of halogens is 1. The summed E-state index contributed by atoms with van der Waals surface area (Å²) in [6.45, 7) is 8.92. The van der Waals surface area contributed by atoms with Gasteiger partial charge in [0.2, 0.25) is 0 Å². The molecule has 218 valence electrons. The van der Waals surface area contributed by atoms with Crippen LogP contribution in [0.25, 0.3) is 12.2 Å². The Balaban J connectivity index is 1.48. The summed E-state index contributed by atoms with van der Waals surface area (Å²) in [5.74, 6) is 0.434. The molecule has 0 bridgehead atoms. The minimum absolute atomic E-state index is 0.0530. The van der Waals surface area contributed by atoms with Crippen LogP contribution < -0.4 is 32.5 Å². The number of ketones is 1. The van der Waals surface area contributed by atoms with Crippen LogP contribution in [0.5, 0.6) is 0 Å². The second-order valence-corrected chi connectivity index (χ2v) is 10.8. The average molecular weight is 571 g/mol. The Morgan fingerprint density at radius 2 is 1.69 bits per heavy atom. The minimum atomic E-state index is -0.484. The fourth-order valence-corrected chi connectivity index (χ4v) is 5.31. The fraction of sp³-hybridized carbons (Fsp3) is 0.312. The first-order valence-corrected chi connectivity index (χ1v) is 14.2. The van der Waals surface area contributed by atoms with Crippen molar-refractivity contribution in [3.8, 4) is 0 Å². The van der Waals surface area contributed by atoms with E-state index in [1.165, 1.54) is 30.3 Å². The van der Waals surface area contributed by atoms with Gasteiger partial charge in [-0.05, 0) is 60.4 Å². The van der Waals surface area contributed by atoms with Crippen molar-refractivity contribution in [1.82, 2.24) is 30.6 Å². The highest BCUT2D eigenvalue weighted by Gasteiger charge is 2.27. The molecule has 0 amide bonds. The molecule has 0 aliphatic carbocycles. The maximum Gasteiger partial charge on any atom is 0.272 e. The van der Waals surface area contributed by atoms with E-state index in [4.69, 9.17) is 4.98 Å². The number of aromatic amines is 3. The molecule has 0 spiro atoms. The van der Waals surface area contributed by atoms with Gasteiger partial charge in [0.05, 0.1) is 5.69 Å². The molecule has 1 fully saturated rings. The topological polar surface area (TPSA) is 136 Å². The highest BCUT2D eigenvalue weighted by atomic mass is 19.1. The number of nitrogens with zero attached hydrogens (tertiary/aromatic N) is 1. The predicted octanol–water partition coefficient (Wildman–Crippen LogP) is 1.99. The van der Waals surface area contributed by atoms with Crippen LogP contribution in [0.1, 0.15) is 77.7 Å². The van der Waals surface area contributed by atoms with Gasteiger partial charge in [0, 0.05) is 48.4 Å². The van der Waals surface area contributed by atoms with Crippen LogP contribution in [0, 0.1) is 5.82 Å². The Kier molecular flexibility index (Phi) is 8.75. The lowest BCUT2D eigenvalue weighted by molar-refractivity contribution is 0.103. The lowest BCUT2D eigenvalue weighted by atomic mass is 9.95. The minimum Gasteiger partial charge on any atom is -0.345 e. The molecule has 2 unspecified atom stereocenters. The molecule has 1 aliphatic rings. The molecule has 42 heavy (non-hydrogen) atoms. The van der Waals surface area contributed by atoms with Gasteiger partial charge in [0.15, 0.2) is 5.78 Å². The Bertz CT molecular complexity index is 1810. The van der Waals surface area contributed by atoms with Crippen LogP contribution in [0.15, 0.2) is 58.1 Å². The van der Waals surface area contributed by atoms with Gasteiger partial charge < -0.3 is 25.6 Å². The van der Waals surface area contributed by atoms with E-state index >= 15 is 0 Å². The van der Waals surface area contributed by atoms with Gasteiger partial charge in [0.25, 0.3) is 11.1 Å². The van der Waals surface area contributed by atoms with Gasteiger partial charge in [-0.25, -0.2) is 9.37 Å². The molecule has 5 N–H and O–H groups in total. The lowest BCUT2D eigenvalue weighted by Crippen LogP contribution is -2.51. The zero-order valence-corrected chi connectivity index (χ0v) is 23.9. The summed E-state index contributed by atoms with van der Waals surface area (Å²) in [4.78, 5) is 52.7. The molecule has 10 heteroatoms. The smallest absolute Gasteiger partial charge is 0.272 e. The number of imidazole rings is 1. The molecule has 2 atom stereocenters. The zero-order chi connectivity index (χ0) is 29.8. The van der Waals surface area contributed by atoms with Gasteiger partial charge in [-0.3, -0.25) is 14.4 Å². The summed E-state index contributed by atoms with van der Waals surface area (Å²) < 4.78 is 13.3. The molecule has 1 aliphatic heterocycles.